The number of nitrogens with one attached hydrogen (secondary N) is 1. The van der Waals surface area contributed by atoms with Crippen LogP contribution in [0.5, 0.6) is 11.5 Å². The fourth-order valence-electron chi connectivity index (χ4n) is 1.79. The van der Waals surface area contributed by atoms with Gasteiger partial charge in [-0.05, 0) is 58.7 Å². The molecule has 1 N–H and O–H groups in total. The van der Waals surface area contributed by atoms with Gasteiger partial charge in [-0.1, -0.05) is 25.1 Å². The number of rotatable bonds is 6. The van der Waals surface area contributed by atoms with E-state index in [1.807, 2.05) is 18.2 Å². The van der Waals surface area contributed by atoms with Crippen molar-refractivity contribution in [1.82, 2.24) is 5.32 Å². The molecule has 0 unspecified atom stereocenters. The summed E-state index contributed by atoms with van der Waals surface area (Å²) >= 11 is 3.46. The Hall–Kier alpha value is -1.39. The molecule has 0 fully saturated rings. The fraction of sp³-hybridized carbons (Fsp3) is 0.250. The van der Waals surface area contributed by atoms with E-state index in [2.05, 4.69) is 28.2 Å². The molecular weight excluding hydrogens is 321 g/mol. The fourth-order valence-corrected chi connectivity index (χ4v) is 2.30. The topological polar surface area (TPSA) is 21.3 Å². The van der Waals surface area contributed by atoms with Crippen molar-refractivity contribution in [2.75, 3.05) is 6.54 Å². The maximum absolute atomic E-state index is 13.5. The van der Waals surface area contributed by atoms with E-state index in [1.165, 1.54) is 6.07 Å². The van der Waals surface area contributed by atoms with Crippen LogP contribution in [-0.4, -0.2) is 6.54 Å². The smallest absolute Gasteiger partial charge is 0.165 e. The second kappa shape index (κ2) is 7.41. The van der Waals surface area contributed by atoms with Gasteiger partial charge in [0.2, 0.25) is 0 Å². The van der Waals surface area contributed by atoms with E-state index in [0.717, 1.165) is 29.5 Å². The Kier molecular flexibility index (Phi) is 5.56. The zero-order chi connectivity index (χ0) is 14.4. The molecule has 0 aliphatic rings. The molecule has 0 aliphatic heterocycles. The van der Waals surface area contributed by atoms with Crippen molar-refractivity contribution >= 4 is 15.9 Å². The molecule has 0 heterocycles. The highest BCUT2D eigenvalue weighted by atomic mass is 79.9. The van der Waals surface area contributed by atoms with Crippen molar-refractivity contribution < 1.29 is 9.13 Å². The lowest BCUT2D eigenvalue weighted by molar-refractivity contribution is 0.440. The van der Waals surface area contributed by atoms with Gasteiger partial charge in [-0.15, -0.1) is 0 Å². The van der Waals surface area contributed by atoms with Crippen LogP contribution in [0, 0.1) is 5.82 Å². The molecule has 0 radical (unpaired) electrons. The normalized spacial score (nSPS) is 10.6. The first-order valence-corrected chi connectivity index (χ1v) is 7.41. The van der Waals surface area contributed by atoms with E-state index >= 15 is 0 Å². The third-order valence-electron chi connectivity index (χ3n) is 2.81. The van der Waals surface area contributed by atoms with Crippen molar-refractivity contribution in [3.63, 3.8) is 0 Å². The number of ether oxygens (including phenoxy) is 1. The summed E-state index contributed by atoms with van der Waals surface area (Å²) in [5.74, 6) is 0.465. The highest BCUT2D eigenvalue weighted by molar-refractivity contribution is 9.10. The summed E-state index contributed by atoms with van der Waals surface area (Å²) in [5, 5.41) is 3.34. The predicted octanol–water partition coefficient (Wildman–Crippen LogP) is 4.88. The van der Waals surface area contributed by atoms with Gasteiger partial charge in [-0.3, -0.25) is 0 Å². The molecule has 0 spiro atoms. The first-order valence-electron chi connectivity index (χ1n) is 6.62. The second-order valence-electron chi connectivity index (χ2n) is 4.47. The lowest BCUT2D eigenvalue weighted by Gasteiger charge is -2.10. The SMILES string of the molecule is CCCNCc1ccc(Oc2ccccc2F)c(Br)c1. The van der Waals surface area contributed by atoms with E-state index in [1.54, 1.807) is 18.2 Å². The van der Waals surface area contributed by atoms with Crippen LogP contribution in [0.15, 0.2) is 46.9 Å². The molecule has 0 atom stereocenters. The Balaban J connectivity index is 2.08. The third kappa shape index (κ3) is 4.05. The van der Waals surface area contributed by atoms with E-state index in [4.69, 9.17) is 4.74 Å². The molecule has 2 aromatic rings. The minimum Gasteiger partial charge on any atom is -0.453 e. The molecule has 0 saturated heterocycles. The summed E-state index contributed by atoms with van der Waals surface area (Å²) in [4.78, 5) is 0. The number of hydrogen-bond donors (Lipinski definition) is 1. The van der Waals surface area contributed by atoms with Crippen molar-refractivity contribution in [3.05, 3.63) is 58.3 Å². The molecule has 0 aromatic heterocycles. The minimum atomic E-state index is -0.368. The summed E-state index contributed by atoms with van der Waals surface area (Å²) in [5.41, 5.74) is 1.16. The molecule has 2 aromatic carbocycles. The monoisotopic (exact) mass is 337 g/mol. The summed E-state index contributed by atoms with van der Waals surface area (Å²) in [7, 11) is 0. The Bertz CT molecular complexity index is 574. The lowest BCUT2D eigenvalue weighted by Crippen LogP contribution is -2.13. The predicted molar refractivity (Wildman–Crippen MR) is 82.6 cm³/mol. The molecule has 0 saturated carbocycles. The lowest BCUT2D eigenvalue weighted by atomic mass is 10.2. The van der Waals surface area contributed by atoms with Gasteiger partial charge >= 0.3 is 0 Å². The number of hydrogen-bond acceptors (Lipinski definition) is 2. The van der Waals surface area contributed by atoms with Crippen LogP contribution in [0.25, 0.3) is 0 Å². The highest BCUT2D eigenvalue weighted by Gasteiger charge is 2.07. The van der Waals surface area contributed by atoms with Gasteiger partial charge in [-0.2, -0.15) is 0 Å². The van der Waals surface area contributed by atoms with Gasteiger partial charge in [0.25, 0.3) is 0 Å². The Morgan fingerprint density at radius 3 is 2.65 bits per heavy atom. The van der Waals surface area contributed by atoms with Gasteiger partial charge < -0.3 is 10.1 Å². The van der Waals surface area contributed by atoms with Crippen LogP contribution in [-0.2, 0) is 6.54 Å². The molecule has 2 rings (SSSR count). The number of halogens is 2. The molecule has 4 heteroatoms. The first-order chi connectivity index (χ1) is 9.70. The zero-order valence-corrected chi connectivity index (χ0v) is 12.9. The Morgan fingerprint density at radius 2 is 1.95 bits per heavy atom. The molecule has 0 amide bonds. The van der Waals surface area contributed by atoms with E-state index in [-0.39, 0.29) is 11.6 Å². The van der Waals surface area contributed by atoms with E-state index in [9.17, 15) is 4.39 Å². The number of para-hydroxylation sites is 1. The van der Waals surface area contributed by atoms with Gasteiger partial charge in [0.05, 0.1) is 4.47 Å². The molecular formula is C16H17BrFNO. The van der Waals surface area contributed by atoms with Gasteiger partial charge in [0.15, 0.2) is 11.6 Å². The maximum atomic E-state index is 13.5. The summed E-state index contributed by atoms with van der Waals surface area (Å²) in [6.45, 7) is 3.94. The molecule has 0 aliphatic carbocycles. The van der Waals surface area contributed by atoms with Crippen molar-refractivity contribution in [2.24, 2.45) is 0 Å². The van der Waals surface area contributed by atoms with E-state index < -0.39 is 0 Å². The Morgan fingerprint density at radius 1 is 1.15 bits per heavy atom. The van der Waals surface area contributed by atoms with Gasteiger partial charge in [0.1, 0.15) is 5.75 Å². The highest BCUT2D eigenvalue weighted by Crippen LogP contribution is 2.31. The van der Waals surface area contributed by atoms with Crippen LogP contribution >= 0.6 is 15.9 Å². The van der Waals surface area contributed by atoms with Crippen LogP contribution in [0.4, 0.5) is 4.39 Å². The minimum absolute atomic E-state index is 0.227. The van der Waals surface area contributed by atoms with E-state index in [0.29, 0.717) is 5.75 Å². The largest absolute Gasteiger partial charge is 0.453 e. The van der Waals surface area contributed by atoms with Crippen molar-refractivity contribution in [1.29, 1.82) is 0 Å². The molecule has 20 heavy (non-hydrogen) atoms. The average molecular weight is 338 g/mol. The van der Waals surface area contributed by atoms with Crippen LogP contribution in [0.1, 0.15) is 18.9 Å². The van der Waals surface area contributed by atoms with Crippen molar-refractivity contribution in [2.45, 2.75) is 19.9 Å². The third-order valence-corrected chi connectivity index (χ3v) is 3.43. The average Bonchev–Trinajstić information content (AvgIpc) is 2.44. The molecule has 106 valence electrons. The first kappa shape index (κ1) is 15.0. The second-order valence-corrected chi connectivity index (χ2v) is 5.33. The zero-order valence-electron chi connectivity index (χ0n) is 11.3. The van der Waals surface area contributed by atoms with Crippen LogP contribution < -0.4 is 10.1 Å². The summed E-state index contributed by atoms with van der Waals surface area (Å²) < 4.78 is 19.9. The van der Waals surface area contributed by atoms with Gasteiger partial charge in [-0.25, -0.2) is 4.39 Å². The molecule has 0 bridgehead atoms. The van der Waals surface area contributed by atoms with Crippen molar-refractivity contribution in [3.8, 4) is 11.5 Å². The molecule has 2 nitrogen and oxygen atoms in total. The standard InChI is InChI=1S/C16H17BrFNO/c1-2-9-19-11-12-7-8-15(13(17)10-12)20-16-6-4-3-5-14(16)18/h3-8,10,19H,2,9,11H2,1H3. The summed E-state index contributed by atoms with van der Waals surface area (Å²) in [6.07, 6.45) is 1.11. The number of benzene rings is 2. The van der Waals surface area contributed by atoms with Gasteiger partial charge in [0, 0.05) is 6.54 Å². The van der Waals surface area contributed by atoms with Crippen LogP contribution in [0.3, 0.4) is 0 Å². The maximum Gasteiger partial charge on any atom is 0.165 e. The Labute approximate surface area is 127 Å². The van der Waals surface area contributed by atoms with Crippen LogP contribution in [0.2, 0.25) is 0 Å². The quantitative estimate of drug-likeness (QED) is 0.758. The summed E-state index contributed by atoms with van der Waals surface area (Å²) in [6, 6.07) is 12.2.